The normalized spacial score (nSPS) is 19.4. The minimum absolute atomic E-state index is 0.112. The lowest BCUT2D eigenvalue weighted by atomic mass is 9.83. The Morgan fingerprint density at radius 1 is 1.40 bits per heavy atom. The SMILES string of the molecule is CC(C)(C(=O)N[C@H]1CCCNC1=O)c1ccccc1Cl. The Kier molecular flexibility index (Phi) is 4.33. The van der Waals surface area contributed by atoms with Crippen LogP contribution in [0.3, 0.4) is 0 Å². The molecule has 0 aliphatic carbocycles. The molecule has 0 unspecified atom stereocenters. The van der Waals surface area contributed by atoms with Crippen molar-refractivity contribution in [2.75, 3.05) is 6.54 Å². The molecule has 1 aliphatic rings. The lowest BCUT2D eigenvalue weighted by Gasteiger charge is -2.29. The molecule has 1 atom stereocenters. The maximum atomic E-state index is 12.5. The lowest BCUT2D eigenvalue weighted by molar-refractivity contribution is -0.132. The fourth-order valence-corrected chi connectivity index (χ4v) is 2.71. The van der Waals surface area contributed by atoms with E-state index in [9.17, 15) is 9.59 Å². The Hall–Kier alpha value is -1.55. The first-order valence-corrected chi connectivity index (χ1v) is 7.14. The van der Waals surface area contributed by atoms with Crippen LogP contribution >= 0.6 is 11.6 Å². The van der Waals surface area contributed by atoms with Crippen LogP contribution in [0.2, 0.25) is 5.02 Å². The molecule has 4 nitrogen and oxygen atoms in total. The summed E-state index contributed by atoms with van der Waals surface area (Å²) in [7, 11) is 0. The second kappa shape index (κ2) is 5.83. The Balaban J connectivity index is 2.15. The summed E-state index contributed by atoms with van der Waals surface area (Å²) in [6.45, 7) is 4.30. The largest absolute Gasteiger partial charge is 0.354 e. The molecule has 0 spiro atoms. The summed E-state index contributed by atoms with van der Waals surface area (Å²) < 4.78 is 0. The summed E-state index contributed by atoms with van der Waals surface area (Å²) in [5.74, 6) is -0.299. The number of benzene rings is 1. The van der Waals surface area contributed by atoms with Gasteiger partial charge in [-0.15, -0.1) is 0 Å². The smallest absolute Gasteiger partial charge is 0.242 e. The van der Waals surface area contributed by atoms with Gasteiger partial charge < -0.3 is 10.6 Å². The molecule has 0 aromatic heterocycles. The van der Waals surface area contributed by atoms with Crippen LogP contribution in [-0.4, -0.2) is 24.4 Å². The van der Waals surface area contributed by atoms with Gasteiger partial charge in [0.15, 0.2) is 0 Å². The van der Waals surface area contributed by atoms with Crippen LogP contribution in [0, 0.1) is 0 Å². The van der Waals surface area contributed by atoms with Gasteiger partial charge in [-0.3, -0.25) is 9.59 Å². The molecule has 0 radical (unpaired) electrons. The van der Waals surface area contributed by atoms with Crippen LogP contribution in [0.15, 0.2) is 24.3 Å². The van der Waals surface area contributed by atoms with Crippen molar-refractivity contribution in [1.29, 1.82) is 0 Å². The standard InChI is InChI=1S/C15H19ClN2O2/c1-15(2,10-6-3-4-7-11(10)16)14(20)18-12-8-5-9-17-13(12)19/h3-4,6-7,12H,5,8-9H2,1-2H3,(H,17,19)(H,18,20)/t12-/m0/s1. The van der Waals surface area contributed by atoms with Gasteiger partial charge in [-0.05, 0) is 38.3 Å². The second-order valence-electron chi connectivity index (χ2n) is 5.56. The average Bonchev–Trinajstić information content (AvgIpc) is 2.41. The van der Waals surface area contributed by atoms with Gasteiger partial charge in [-0.25, -0.2) is 0 Å². The fraction of sp³-hybridized carbons (Fsp3) is 0.467. The van der Waals surface area contributed by atoms with Crippen molar-refractivity contribution in [3.63, 3.8) is 0 Å². The van der Waals surface area contributed by atoms with Crippen molar-refractivity contribution in [3.05, 3.63) is 34.9 Å². The summed E-state index contributed by atoms with van der Waals surface area (Å²) >= 11 is 6.16. The summed E-state index contributed by atoms with van der Waals surface area (Å²) in [5.41, 5.74) is -0.0221. The number of carbonyl (C=O) groups excluding carboxylic acids is 2. The minimum Gasteiger partial charge on any atom is -0.354 e. The molecule has 108 valence electrons. The highest BCUT2D eigenvalue weighted by Crippen LogP contribution is 2.30. The number of nitrogens with one attached hydrogen (secondary N) is 2. The zero-order valence-corrected chi connectivity index (χ0v) is 12.5. The first kappa shape index (κ1) is 14.9. The maximum Gasteiger partial charge on any atom is 0.242 e. The molecule has 0 bridgehead atoms. The predicted molar refractivity (Wildman–Crippen MR) is 78.7 cm³/mol. The molecular weight excluding hydrogens is 276 g/mol. The van der Waals surface area contributed by atoms with Crippen molar-refractivity contribution in [3.8, 4) is 0 Å². The van der Waals surface area contributed by atoms with E-state index < -0.39 is 11.5 Å². The summed E-state index contributed by atoms with van der Waals surface area (Å²) in [6.07, 6.45) is 1.55. The number of hydrogen-bond donors (Lipinski definition) is 2. The molecule has 1 saturated heterocycles. The molecule has 1 aliphatic heterocycles. The van der Waals surface area contributed by atoms with E-state index in [0.717, 1.165) is 12.0 Å². The van der Waals surface area contributed by atoms with Gasteiger partial charge in [0.2, 0.25) is 11.8 Å². The van der Waals surface area contributed by atoms with E-state index in [-0.39, 0.29) is 11.8 Å². The van der Waals surface area contributed by atoms with E-state index in [2.05, 4.69) is 10.6 Å². The van der Waals surface area contributed by atoms with Crippen LogP contribution < -0.4 is 10.6 Å². The second-order valence-corrected chi connectivity index (χ2v) is 5.97. The number of piperidine rings is 1. The van der Waals surface area contributed by atoms with E-state index in [0.29, 0.717) is 18.0 Å². The Morgan fingerprint density at radius 3 is 2.75 bits per heavy atom. The number of hydrogen-bond acceptors (Lipinski definition) is 2. The van der Waals surface area contributed by atoms with E-state index in [4.69, 9.17) is 11.6 Å². The summed E-state index contributed by atoms with van der Waals surface area (Å²) in [6, 6.07) is 6.83. The summed E-state index contributed by atoms with van der Waals surface area (Å²) in [4.78, 5) is 24.2. The monoisotopic (exact) mass is 294 g/mol. The quantitative estimate of drug-likeness (QED) is 0.896. The van der Waals surface area contributed by atoms with Crippen LogP contribution in [0.4, 0.5) is 0 Å². The molecule has 1 aromatic carbocycles. The summed E-state index contributed by atoms with van der Waals surface area (Å²) in [5, 5.41) is 6.14. The molecule has 1 fully saturated rings. The van der Waals surface area contributed by atoms with E-state index in [1.807, 2.05) is 32.0 Å². The number of halogens is 1. The van der Waals surface area contributed by atoms with Crippen molar-refractivity contribution >= 4 is 23.4 Å². The average molecular weight is 295 g/mol. The van der Waals surface area contributed by atoms with Gasteiger partial charge in [0.25, 0.3) is 0 Å². The molecule has 0 saturated carbocycles. The van der Waals surface area contributed by atoms with Crippen LogP contribution in [0.5, 0.6) is 0 Å². The van der Waals surface area contributed by atoms with E-state index in [1.165, 1.54) is 0 Å². The Morgan fingerprint density at radius 2 is 2.10 bits per heavy atom. The van der Waals surface area contributed by atoms with E-state index in [1.54, 1.807) is 6.07 Å². The molecule has 1 heterocycles. The highest BCUT2D eigenvalue weighted by molar-refractivity contribution is 6.31. The first-order valence-electron chi connectivity index (χ1n) is 6.76. The predicted octanol–water partition coefficient (Wildman–Crippen LogP) is 2.01. The number of rotatable bonds is 3. The highest BCUT2D eigenvalue weighted by atomic mass is 35.5. The Labute approximate surface area is 123 Å². The van der Waals surface area contributed by atoms with Gasteiger partial charge in [-0.1, -0.05) is 29.8 Å². The van der Waals surface area contributed by atoms with Gasteiger partial charge in [0.1, 0.15) is 6.04 Å². The third-order valence-electron chi connectivity index (χ3n) is 3.71. The zero-order chi connectivity index (χ0) is 14.8. The number of amides is 2. The third-order valence-corrected chi connectivity index (χ3v) is 4.04. The van der Waals surface area contributed by atoms with Gasteiger partial charge >= 0.3 is 0 Å². The molecule has 5 heteroatoms. The van der Waals surface area contributed by atoms with Crippen molar-refractivity contribution < 1.29 is 9.59 Å². The van der Waals surface area contributed by atoms with Crippen LogP contribution in [0.25, 0.3) is 0 Å². The van der Waals surface area contributed by atoms with Gasteiger partial charge in [-0.2, -0.15) is 0 Å². The minimum atomic E-state index is -0.782. The molecule has 2 N–H and O–H groups in total. The van der Waals surface area contributed by atoms with Crippen molar-refractivity contribution in [1.82, 2.24) is 10.6 Å². The van der Waals surface area contributed by atoms with Crippen LogP contribution in [0.1, 0.15) is 32.3 Å². The lowest BCUT2D eigenvalue weighted by Crippen LogP contribution is -2.53. The molecular formula is C15H19ClN2O2. The van der Waals surface area contributed by atoms with Crippen molar-refractivity contribution in [2.45, 2.75) is 38.1 Å². The zero-order valence-electron chi connectivity index (χ0n) is 11.7. The number of carbonyl (C=O) groups is 2. The van der Waals surface area contributed by atoms with Gasteiger partial charge in [0.05, 0.1) is 5.41 Å². The van der Waals surface area contributed by atoms with Gasteiger partial charge in [0, 0.05) is 11.6 Å². The topological polar surface area (TPSA) is 58.2 Å². The third kappa shape index (κ3) is 2.96. The maximum absolute atomic E-state index is 12.5. The first-order chi connectivity index (χ1) is 9.43. The Bertz CT molecular complexity index is 528. The van der Waals surface area contributed by atoms with E-state index >= 15 is 0 Å². The molecule has 2 rings (SSSR count). The molecule has 1 aromatic rings. The van der Waals surface area contributed by atoms with Crippen molar-refractivity contribution in [2.24, 2.45) is 0 Å². The molecule has 20 heavy (non-hydrogen) atoms. The fourth-order valence-electron chi connectivity index (χ4n) is 2.34. The van der Waals surface area contributed by atoms with Crippen LogP contribution in [-0.2, 0) is 15.0 Å². The highest BCUT2D eigenvalue weighted by Gasteiger charge is 2.34. The molecule has 2 amide bonds.